The summed E-state index contributed by atoms with van der Waals surface area (Å²) < 4.78 is 0. The number of benzene rings is 1. The number of hydrogen-bond acceptors (Lipinski definition) is 4. The third kappa shape index (κ3) is 2.71. The minimum Gasteiger partial charge on any atom is -0.385 e. The van der Waals surface area contributed by atoms with Gasteiger partial charge in [0.1, 0.15) is 11.6 Å². The fraction of sp³-hybridized carbons (Fsp3) is 0.200. The quantitative estimate of drug-likeness (QED) is 0.678. The summed E-state index contributed by atoms with van der Waals surface area (Å²) in [6.45, 7) is 2.90. The van der Waals surface area contributed by atoms with Crippen LogP contribution in [0, 0.1) is 6.92 Å². The first-order valence-corrected chi connectivity index (χ1v) is 6.62. The lowest BCUT2D eigenvalue weighted by molar-refractivity contribution is 0.933. The number of H-pyrrole nitrogens is 1. The number of pyridine rings is 1. The molecule has 0 spiro atoms. The van der Waals surface area contributed by atoms with E-state index in [1.807, 2.05) is 6.07 Å². The summed E-state index contributed by atoms with van der Waals surface area (Å²) in [7, 11) is 0. The van der Waals surface area contributed by atoms with Crippen LogP contribution in [0.15, 0.2) is 36.4 Å². The van der Waals surface area contributed by atoms with E-state index in [9.17, 15) is 0 Å². The molecule has 0 aliphatic carbocycles. The molecule has 4 N–H and O–H groups in total. The lowest BCUT2D eigenvalue weighted by atomic mass is 10.2. The number of hydrogen-bond donors (Lipinski definition) is 3. The van der Waals surface area contributed by atoms with Gasteiger partial charge in [-0.3, -0.25) is 0 Å². The van der Waals surface area contributed by atoms with Crippen LogP contribution in [0.25, 0.3) is 11.2 Å². The van der Waals surface area contributed by atoms with E-state index in [0.717, 1.165) is 30.0 Å². The molecule has 0 saturated carbocycles. The molecule has 3 aromatic rings. The van der Waals surface area contributed by atoms with Crippen LogP contribution in [0.4, 0.5) is 11.5 Å². The number of aromatic nitrogens is 3. The Morgan fingerprint density at radius 3 is 2.70 bits per heavy atom. The number of nitrogen functional groups attached to an aromatic ring is 1. The molecular formula is C15H17N5. The van der Waals surface area contributed by atoms with Gasteiger partial charge < -0.3 is 16.0 Å². The fourth-order valence-corrected chi connectivity index (χ4v) is 2.07. The minimum atomic E-state index is 0.494. The standard InChI is InChI=1S/C15H17N5/c1-10-2-4-11(5-3-10)17-9-8-14-18-12-6-7-13(16)19-15(12)20-14/h2-7,17H,8-9H2,1H3,(H3,16,18,19,20). The van der Waals surface area contributed by atoms with Gasteiger partial charge in [0.05, 0.1) is 5.52 Å². The second kappa shape index (κ2) is 5.21. The maximum absolute atomic E-state index is 5.64. The normalized spacial score (nSPS) is 10.8. The van der Waals surface area contributed by atoms with Gasteiger partial charge in [-0.1, -0.05) is 17.7 Å². The van der Waals surface area contributed by atoms with Crippen molar-refractivity contribution in [2.24, 2.45) is 0 Å². The number of imidazole rings is 1. The molecule has 0 aliphatic heterocycles. The van der Waals surface area contributed by atoms with E-state index in [1.54, 1.807) is 6.07 Å². The average Bonchev–Trinajstić information content (AvgIpc) is 2.83. The number of aryl methyl sites for hydroxylation is 1. The van der Waals surface area contributed by atoms with Gasteiger partial charge in [0.15, 0.2) is 5.65 Å². The Labute approximate surface area is 117 Å². The molecule has 0 radical (unpaired) electrons. The highest BCUT2D eigenvalue weighted by atomic mass is 15.0. The van der Waals surface area contributed by atoms with E-state index in [0.29, 0.717) is 11.5 Å². The lowest BCUT2D eigenvalue weighted by Crippen LogP contribution is -2.05. The van der Waals surface area contributed by atoms with Gasteiger partial charge >= 0.3 is 0 Å². The summed E-state index contributed by atoms with van der Waals surface area (Å²) in [6, 6.07) is 12.0. The summed E-state index contributed by atoms with van der Waals surface area (Å²) in [6.07, 6.45) is 0.810. The third-order valence-corrected chi connectivity index (χ3v) is 3.16. The Balaban J connectivity index is 1.63. The highest BCUT2D eigenvalue weighted by Crippen LogP contribution is 2.12. The maximum atomic E-state index is 5.64. The molecule has 20 heavy (non-hydrogen) atoms. The highest BCUT2D eigenvalue weighted by molar-refractivity contribution is 5.72. The van der Waals surface area contributed by atoms with Crippen LogP contribution >= 0.6 is 0 Å². The van der Waals surface area contributed by atoms with Crippen LogP contribution in [0.2, 0.25) is 0 Å². The van der Waals surface area contributed by atoms with Gasteiger partial charge in [-0.2, -0.15) is 0 Å². The number of rotatable bonds is 4. The Bertz CT molecular complexity index is 715. The largest absolute Gasteiger partial charge is 0.385 e. The summed E-state index contributed by atoms with van der Waals surface area (Å²) in [5.41, 5.74) is 9.62. The first-order valence-electron chi connectivity index (χ1n) is 6.62. The first-order chi connectivity index (χ1) is 9.70. The second-order valence-electron chi connectivity index (χ2n) is 4.83. The smallest absolute Gasteiger partial charge is 0.179 e. The molecule has 5 heteroatoms. The van der Waals surface area contributed by atoms with Crippen molar-refractivity contribution in [3.05, 3.63) is 47.8 Å². The zero-order chi connectivity index (χ0) is 13.9. The molecule has 2 heterocycles. The zero-order valence-corrected chi connectivity index (χ0v) is 11.4. The second-order valence-corrected chi connectivity index (χ2v) is 4.83. The number of nitrogens with two attached hydrogens (primary N) is 1. The molecule has 1 aromatic carbocycles. The van der Waals surface area contributed by atoms with Crippen LogP contribution in [-0.2, 0) is 6.42 Å². The van der Waals surface area contributed by atoms with Gasteiger partial charge in [0, 0.05) is 18.7 Å². The van der Waals surface area contributed by atoms with E-state index in [-0.39, 0.29) is 0 Å². The number of aromatic amines is 1. The first kappa shape index (κ1) is 12.5. The van der Waals surface area contributed by atoms with Gasteiger partial charge in [0.25, 0.3) is 0 Å². The van der Waals surface area contributed by atoms with Crippen molar-refractivity contribution in [2.45, 2.75) is 13.3 Å². The lowest BCUT2D eigenvalue weighted by Gasteiger charge is -2.05. The summed E-state index contributed by atoms with van der Waals surface area (Å²) in [5, 5.41) is 3.37. The number of nitrogens with zero attached hydrogens (tertiary/aromatic N) is 2. The molecule has 0 aliphatic rings. The van der Waals surface area contributed by atoms with Gasteiger partial charge in [-0.15, -0.1) is 0 Å². The molecule has 0 atom stereocenters. The Morgan fingerprint density at radius 2 is 1.90 bits per heavy atom. The van der Waals surface area contributed by atoms with E-state index in [1.165, 1.54) is 5.56 Å². The average molecular weight is 267 g/mol. The van der Waals surface area contributed by atoms with Crippen LogP contribution in [0.5, 0.6) is 0 Å². The number of anilines is 2. The molecule has 102 valence electrons. The monoisotopic (exact) mass is 267 g/mol. The SMILES string of the molecule is Cc1ccc(NCCc2nc3nc(N)ccc3[nH]2)cc1. The predicted molar refractivity (Wildman–Crippen MR) is 81.7 cm³/mol. The van der Waals surface area contributed by atoms with Crippen LogP contribution < -0.4 is 11.1 Å². The highest BCUT2D eigenvalue weighted by Gasteiger charge is 2.04. The van der Waals surface area contributed by atoms with Crippen molar-refractivity contribution in [2.75, 3.05) is 17.6 Å². The summed E-state index contributed by atoms with van der Waals surface area (Å²) in [4.78, 5) is 11.9. The van der Waals surface area contributed by atoms with Crippen molar-refractivity contribution >= 4 is 22.7 Å². The minimum absolute atomic E-state index is 0.494. The maximum Gasteiger partial charge on any atom is 0.179 e. The van der Waals surface area contributed by atoms with E-state index in [2.05, 4.69) is 51.5 Å². The van der Waals surface area contributed by atoms with Gasteiger partial charge in [-0.25, -0.2) is 9.97 Å². The van der Waals surface area contributed by atoms with Gasteiger partial charge in [-0.05, 0) is 31.2 Å². The molecule has 2 aromatic heterocycles. The molecule has 0 bridgehead atoms. The fourth-order valence-electron chi connectivity index (χ4n) is 2.07. The van der Waals surface area contributed by atoms with Crippen LogP contribution in [0.3, 0.4) is 0 Å². The predicted octanol–water partition coefficient (Wildman–Crippen LogP) is 2.50. The Morgan fingerprint density at radius 1 is 1.10 bits per heavy atom. The Kier molecular flexibility index (Phi) is 3.25. The number of fused-ring (bicyclic) bond motifs is 1. The molecule has 0 saturated heterocycles. The van der Waals surface area contributed by atoms with Crippen LogP contribution in [-0.4, -0.2) is 21.5 Å². The van der Waals surface area contributed by atoms with Crippen LogP contribution in [0.1, 0.15) is 11.4 Å². The van der Waals surface area contributed by atoms with Crippen molar-refractivity contribution in [3.8, 4) is 0 Å². The molecule has 3 rings (SSSR count). The Hall–Kier alpha value is -2.56. The summed E-state index contributed by atoms with van der Waals surface area (Å²) in [5.74, 6) is 1.41. The zero-order valence-electron chi connectivity index (χ0n) is 11.4. The van der Waals surface area contributed by atoms with Crippen molar-refractivity contribution in [1.29, 1.82) is 0 Å². The van der Waals surface area contributed by atoms with Crippen molar-refractivity contribution in [1.82, 2.24) is 15.0 Å². The summed E-state index contributed by atoms with van der Waals surface area (Å²) >= 11 is 0. The molecule has 0 unspecified atom stereocenters. The molecular weight excluding hydrogens is 250 g/mol. The van der Waals surface area contributed by atoms with Gasteiger partial charge in [0.2, 0.25) is 0 Å². The third-order valence-electron chi connectivity index (χ3n) is 3.16. The topological polar surface area (TPSA) is 79.6 Å². The van der Waals surface area contributed by atoms with E-state index >= 15 is 0 Å². The molecule has 0 amide bonds. The van der Waals surface area contributed by atoms with Crippen molar-refractivity contribution in [3.63, 3.8) is 0 Å². The molecule has 5 nitrogen and oxygen atoms in total. The van der Waals surface area contributed by atoms with E-state index < -0.39 is 0 Å². The molecule has 0 fully saturated rings. The van der Waals surface area contributed by atoms with E-state index in [4.69, 9.17) is 5.73 Å². The number of nitrogens with one attached hydrogen (secondary N) is 2. The van der Waals surface area contributed by atoms with Crippen molar-refractivity contribution < 1.29 is 0 Å².